The normalized spacial score (nSPS) is 21.5. The van der Waals surface area contributed by atoms with Gasteiger partial charge in [-0.25, -0.2) is 0 Å². The third kappa shape index (κ3) is 6.20. The first-order chi connectivity index (χ1) is 19.0. The van der Waals surface area contributed by atoms with Crippen molar-refractivity contribution in [2.24, 2.45) is 5.92 Å². The van der Waals surface area contributed by atoms with Crippen LogP contribution in [0, 0.1) is 19.8 Å². The van der Waals surface area contributed by atoms with Gasteiger partial charge in [-0.3, -0.25) is 19.3 Å². The van der Waals surface area contributed by atoms with Crippen LogP contribution in [0.5, 0.6) is 5.75 Å². The van der Waals surface area contributed by atoms with Crippen LogP contribution in [0.25, 0.3) is 0 Å². The van der Waals surface area contributed by atoms with Crippen molar-refractivity contribution in [3.63, 3.8) is 0 Å². The summed E-state index contributed by atoms with van der Waals surface area (Å²) in [5.74, 6) is 2.01. The Bertz CT molecular complexity index is 1280. The number of piperidine rings is 1. The number of hydrogen-bond donors (Lipinski definition) is 0. The molecule has 1 aliphatic carbocycles. The van der Waals surface area contributed by atoms with Gasteiger partial charge in [-0.2, -0.15) is 5.10 Å². The molecule has 1 amide bonds. The van der Waals surface area contributed by atoms with E-state index in [4.69, 9.17) is 4.74 Å². The van der Waals surface area contributed by atoms with Crippen LogP contribution in [0.2, 0.25) is 0 Å². The molecule has 206 valence electrons. The predicted octanol–water partition coefficient (Wildman–Crippen LogP) is 4.37. The van der Waals surface area contributed by atoms with E-state index in [0.717, 1.165) is 86.0 Å². The molecule has 3 aliphatic rings. The molecule has 2 unspecified atom stereocenters. The third-order valence-corrected chi connectivity index (χ3v) is 8.78. The molecule has 2 saturated heterocycles. The van der Waals surface area contributed by atoms with Crippen molar-refractivity contribution < 1.29 is 9.53 Å². The Hall–Kier alpha value is -3.16. The van der Waals surface area contributed by atoms with Crippen molar-refractivity contribution in [3.05, 3.63) is 82.7 Å². The predicted molar refractivity (Wildman–Crippen MR) is 153 cm³/mol. The second kappa shape index (κ2) is 11.5. The number of nitrogens with zero attached hydrogens (tertiary/aromatic N) is 5. The summed E-state index contributed by atoms with van der Waals surface area (Å²) in [6.45, 7) is 11.9. The van der Waals surface area contributed by atoms with Crippen molar-refractivity contribution >= 4 is 5.91 Å². The Morgan fingerprint density at radius 3 is 2.46 bits per heavy atom. The molecule has 3 fully saturated rings. The maximum absolute atomic E-state index is 13.1. The molecule has 1 saturated carbocycles. The van der Waals surface area contributed by atoms with Crippen LogP contribution >= 0.6 is 0 Å². The lowest BCUT2D eigenvalue weighted by Gasteiger charge is -2.34. The van der Waals surface area contributed by atoms with Crippen LogP contribution in [-0.2, 0) is 13.1 Å². The number of carbonyl (C=O) groups excluding carboxylic acids is 1. The van der Waals surface area contributed by atoms with Gasteiger partial charge >= 0.3 is 0 Å². The largest absolute Gasteiger partial charge is 0.492 e. The Labute approximate surface area is 232 Å². The van der Waals surface area contributed by atoms with Crippen molar-refractivity contribution in [1.29, 1.82) is 0 Å². The van der Waals surface area contributed by atoms with E-state index in [1.165, 1.54) is 31.4 Å². The van der Waals surface area contributed by atoms with E-state index in [-0.39, 0.29) is 5.91 Å². The first kappa shape index (κ1) is 26.1. The van der Waals surface area contributed by atoms with Crippen molar-refractivity contribution in [1.82, 2.24) is 24.5 Å². The number of amides is 1. The first-order valence-electron chi connectivity index (χ1n) is 14.6. The van der Waals surface area contributed by atoms with Gasteiger partial charge in [-0.15, -0.1) is 0 Å². The van der Waals surface area contributed by atoms with E-state index in [0.29, 0.717) is 6.61 Å². The highest BCUT2D eigenvalue weighted by molar-refractivity contribution is 5.94. The lowest BCUT2D eigenvalue weighted by Crippen LogP contribution is -2.49. The number of carbonyl (C=O) groups is 1. The van der Waals surface area contributed by atoms with Crippen molar-refractivity contribution in [3.8, 4) is 5.75 Å². The Kier molecular flexibility index (Phi) is 7.71. The minimum atomic E-state index is 0.117. The van der Waals surface area contributed by atoms with Gasteiger partial charge in [-0.1, -0.05) is 24.3 Å². The van der Waals surface area contributed by atoms with Gasteiger partial charge in [0.05, 0.1) is 12.2 Å². The van der Waals surface area contributed by atoms with Gasteiger partial charge in [0.15, 0.2) is 0 Å². The standard InChI is InChI=1S/C32H41N5O2/c1-24-18-25(2)37(33-24)23-26-6-9-29(10-7-26)32(38)35-14-12-34(13-15-35)16-17-39-31-5-3-4-27(20-31)21-36-22-28-8-11-30(36)19-28/h3-7,9-10,18,20,28,30H,8,11-17,19,21-23H2,1-2H3. The number of fused-ring (bicyclic) bond motifs is 2. The molecular weight excluding hydrogens is 486 g/mol. The molecule has 0 N–H and O–H groups in total. The number of likely N-dealkylation sites (tertiary alicyclic amines) is 1. The summed E-state index contributed by atoms with van der Waals surface area (Å²) in [5.41, 5.74) is 5.43. The quantitative estimate of drug-likeness (QED) is 0.414. The number of rotatable bonds is 9. The Morgan fingerprint density at radius 2 is 1.77 bits per heavy atom. The van der Waals surface area contributed by atoms with E-state index in [1.807, 2.05) is 40.8 Å². The molecule has 7 nitrogen and oxygen atoms in total. The summed E-state index contributed by atoms with van der Waals surface area (Å²) in [6, 6.07) is 19.5. The van der Waals surface area contributed by atoms with Gasteiger partial charge in [0.2, 0.25) is 0 Å². The highest BCUT2D eigenvalue weighted by Gasteiger charge is 2.37. The van der Waals surface area contributed by atoms with Crippen LogP contribution in [0.3, 0.4) is 0 Å². The van der Waals surface area contributed by atoms with E-state index >= 15 is 0 Å². The minimum absolute atomic E-state index is 0.117. The summed E-state index contributed by atoms with van der Waals surface area (Å²) in [7, 11) is 0. The Balaban J connectivity index is 0.929. The number of benzene rings is 2. The molecule has 3 aromatic rings. The summed E-state index contributed by atoms with van der Waals surface area (Å²) < 4.78 is 8.14. The smallest absolute Gasteiger partial charge is 0.253 e. The third-order valence-electron chi connectivity index (χ3n) is 8.78. The highest BCUT2D eigenvalue weighted by Crippen LogP contribution is 2.38. The molecular formula is C32H41N5O2. The summed E-state index contributed by atoms with van der Waals surface area (Å²) in [5, 5.41) is 4.54. The number of piperazine rings is 1. The van der Waals surface area contributed by atoms with Gasteiger partial charge in [0, 0.05) is 63.1 Å². The van der Waals surface area contributed by atoms with Gasteiger partial charge in [-0.05, 0) is 80.5 Å². The molecule has 2 bridgehead atoms. The van der Waals surface area contributed by atoms with Crippen LogP contribution < -0.4 is 4.74 Å². The van der Waals surface area contributed by atoms with E-state index < -0.39 is 0 Å². The summed E-state index contributed by atoms with van der Waals surface area (Å²) in [4.78, 5) is 20.1. The molecule has 0 radical (unpaired) electrons. The second-order valence-electron chi connectivity index (χ2n) is 11.7. The average Bonchev–Trinajstić information content (AvgIpc) is 3.65. The molecule has 2 aliphatic heterocycles. The average molecular weight is 528 g/mol. The second-order valence-corrected chi connectivity index (χ2v) is 11.7. The maximum Gasteiger partial charge on any atom is 0.253 e. The minimum Gasteiger partial charge on any atom is -0.492 e. The van der Waals surface area contributed by atoms with Gasteiger partial charge in [0.25, 0.3) is 5.91 Å². The van der Waals surface area contributed by atoms with Crippen LogP contribution in [0.1, 0.15) is 52.1 Å². The zero-order valence-corrected chi connectivity index (χ0v) is 23.4. The molecule has 3 heterocycles. The number of hydrogen-bond acceptors (Lipinski definition) is 5. The number of ether oxygens (including phenoxy) is 1. The lowest BCUT2D eigenvalue weighted by molar-refractivity contribution is 0.0620. The van der Waals surface area contributed by atoms with Crippen molar-refractivity contribution in [2.75, 3.05) is 45.9 Å². The fourth-order valence-corrected chi connectivity index (χ4v) is 6.60. The molecule has 39 heavy (non-hydrogen) atoms. The van der Waals surface area contributed by atoms with E-state index in [2.05, 4.69) is 52.2 Å². The lowest BCUT2D eigenvalue weighted by atomic mass is 10.1. The highest BCUT2D eigenvalue weighted by atomic mass is 16.5. The van der Waals surface area contributed by atoms with Gasteiger partial charge < -0.3 is 9.64 Å². The van der Waals surface area contributed by atoms with Crippen LogP contribution in [0.15, 0.2) is 54.6 Å². The van der Waals surface area contributed by atoms with Crippen molar-refractivity contribution in [2.45, 2.75) is 52.2 Å². The first-order valence-corrected chi connectivity index (χ1v) is 14.6. The topological polar surface area (TPSA) is 53.8 Å². The van der Waals surface area contributed by atoms with E-state index in [9.17, 15) is 4.79 Å². The molecule has 1 aromatic heterocycles. The van der Waals surface area contributed by atoms with Crippen LogP contribution in [-0.4, -0.2) is 82.3 Å². The molecule has 6 rings (SSSR count). The maximum atomic E-state index is 13.1. The zero-order valence-electron chi connectivity index (χ0n) is 23.4. The van der Waals surface area contributed by atoms with Crippen LogP contribution in [0.4, 0.5) is 0 Å². The SMILES string of the molecule is Cc1cc(C)n(Cc2ccc(C(=O)N3CCN(CCOc4cccc(CN5CC6CCC5C6)c4)CC3)cc2)n1. The molecule has 2 atom stereocenters. The van der Waals surface area contributed by atoms with Gasteiger partial charge in [0.1, 0.15) is 12.4 Å². The fourth-order valence-electron chi connectivity index (χ4n) is 6.60. The summed E-state index contributed by atoms with van der Waals surface area (Å²) in [6.07, 6.45) is 4.19. The summed E-state index contributed by atoms with van der Waals surface area (Å²) >= 11 is 0. The number of aryl methyl sites for hydroxylation is 2. The zero-order chi connectivity index (χ0) is 26.8. The molecule has 2 aromatic carbocycles. The Morgan fingerprint density at radius 1 is 0.949 bits per heavy atom. The molecule has 7 heteroatoms. The fraction of sp³-hybridized carbons (Fsp3) is 0.500. The monoisotopic (exact) mass is 527 g/mol. The number of aromatic nitrogens is 2. The van der Waals surface area contributed by atoms with E-state index in [1.54, 1.807) is 0 Å². The molecule has 0 spiro atoms.